The number of benzene rings is 1. The van der Waals surface area contributed by atoms with E-state index in [0.29, 0.717) is 46.6 Å². The number of anilines is 1. The van der Waals surface area contributed by atoms with Gasteiger partial charge in [-0.3, -0.25) is 4.79 Å². The van der Waals surface area contributed by atoms with Crippen LogP contribution in [0.4, 0.5) is 5.82 Å². The minimum Gasteiger partial charge on any atom is -0.358 e. The van der Waals surface area contributed by atoms with E-state index in [4.69, 9.17) is 16.6 Å². The number of hydrogen-bond acceptors (Lipinski definition) is 9. The van der Waals surface area contributed by atoms with Crippen molar-refractivity contribution in [2.24, 2.45) is 5.92 Å². The fraction of sp³-hybridized carbons (Fsp3) is 0.381. The molecule has 3 aromatic heterocycles. The molecular formula is C21H21ClN8OS. The Balaban J connectivity index is 1.54. The highest BCUT2D eigenvalue weighted by Crippen LogP contribution is 2.43. The van der Waals surface area contributed by atoms with Crippen molar-refractivity contribution in [2.75, 3.05) is 36.5 Å². The Kier molecular flexibility index (Phi) is 4.93. The Labute approximate surface area is 192 Å². The summed E-state index contributed by atoms with van der Waals surface area (Å²) in [5.41, 5.74) is 2.98. The summed E-state index contributed by atoms with van der Waals surface area (Å²) in [4.78, 5) is 32.8. The summed E-state index contributed by atoms with van der Waals surface area (Å²) in [5.74, 6) is 1.72. The molecule has 11 heteroatoms. The molecule has 4 heterocycles. The van der Waals surface area contributed by atoms with E-state index in [-0.39, 0.29) is 11.6 Å². The summed E-state index contributed by atoms with van der Waals surface area (Å²) < 4.78 is 1.74. The third-order valence-electron chi connectivity index (χ3n) is 6.02. The Bertz CT molecular complexity index is 1360. The molecule has 0 bridgehead atoms. The first-order valence-corrected chi connectivity index (χ1v) is 11.9. The van der Waals surface area contributed by atoms with E-state index in [1.54, 1.807) is 22.6 Å². The maximum atomic E-state index is 13.8. The van der Waals surface area contributed by atoms with Crippen molar-refractivity contribution in [3.8, 4) is 0 Å². The van der Waals surface area contributed by atoms with Crippen molar-refractivity contribution < 1.29 is 0 Å². The van der Waals surface area contributed by atoms with Gasteiger partial charge in [-0.05, 0) is 30.9 Å². The molecule has 1 unspecified atom stereocenters. The highest BCUT2D eigenvalue weighted by atomic mass is 35.5. The lowest BCUT2D eigenvalue weighted by Gasteiger charge is -2.34. The van der Waals surface area contributed by atoms with Crippen LogP contribution in [0.5, 0.6) is 0 Å². The lowest BCUT2D eigenvalue weighted by atomic mass is 10.1. The highest BCUT2D eigenvalue weighted by Gasteiger charge is 2.37. The van der Waals surface area contributed by atoms with Gasteiger partial charge in [-0.25, -0.2) is 24.6 Å². The van der Waals surface area contributed by atoms with E-state index in [2.05, 4.69) is 30.6 Å². The fourth-order valence-electron chi connectivity index (χ4n) is 4.30. The molecular weight excluding hydrogens is 448 g/mol. The minimum atomic E-state index is -0.180. The van der Waals surface area contributed by atoms with Crippen molar-refractivity contribution in [1.82, 2.24) is 29.9 Å². The summed E-state index contributed by atoms with van der Waals surface area (Å²) in [7, 11) is 0. The second-order valence-electron chi connectivity index (χ2n) is 8.11. The van der Waals surface area contributed by atoms with Gasteiger partial charge < -0.3 is 15.6 Å². The van der Waals surface area contributed by atoms with Gasteiger partial charge in [-0.2, -0.15) is 0 Å². The summed E-state index contributed by atoms with van der Waals surface area (Å²) in [5, 5.41) is 9.86. The Morgan fingerprint density at radius 1 is 1.19 bits per heavy atom. The molecule has 0 amide bonds. The molecule has 32 heavy (non-hydrogen) atoms. The molecule has 0 spiro atoms. The molecule has 164 valence electrons. The van der Waals surface area contributed by atoms with Crippen LogP contribution in [0.1, 0.15) is 24.7 Å². The van der Waals surface area contributed by atoms with Crippen LogP contribution in [-0.4, -0.2) is 50.8 Å². The molecule has 2 N–H and O–H groups in total. The third-order valence-corrected chi connectivity index (χ3v) is 7.07. The predicted molar refractivity (Wildman–Crippen MR) is 126 cm³/mol. The van der Waals surface area contributed by atoms with E-state index in [0.717, 1.165) is 36.3 Å². The van der Waals surface area contributed by atoms with Crippen LogP contribution in [0.15, 0.2) is 34.8 Å². The number of hydrogen-bond donors (Lipinski definition) is 2. The average molecular weight is 469 g/mol. The summed E-state index contributed by atoms with van der Waals surface area (Å²) >= 11 is 7.92. The number of rotatable bonds is 5. The second kappa shape index (κ2) is 7.95. The SMILES string of the molecule is O=c1c2c(Cl)cccc2nc(C(Nc2ncnc3scnc23)C2CC2)n1N1CCNCC1. The van der Waals surface area contributed by atoms with E-state index in [1.807, 2.05) is 12.1 Å². The molecule has 1 saturated heterocycles. The largest absolute Gasteiger partial charge is 0.358 e. The van der Waals surface area contributed by atoms with Crippen LogP contribution in [0.2, 0.25) is 5.02 Å². The molecule has 1 aliphatic carbocycles. The van der Waals surface area contributed by atoms with Gasteiger partial charge in [0.25, 0.3) is 5.56 Å². The number of piperazine rings is 1. The van der Waals surface area contributed by atoms with Crippen LogP contribution in [-0.2, 0) is 0 Å². The van der Waals surface area contributed by atoms with Gasteiger partial charge in [0.05, 0.1) is 27.5 Å². The molecule has 0 radical (unpaired) electrons. The van der Waals surface area contributed by atoms with Crippen LogP contribution < -0.4 is 21.2 Å². The van der Waals surface area contributed by atoms with Crippen molar-refractivity contribution in [3.05, 3.63) is 51.2 Å². The van der Waals surface area contributed by atoms with Gasteiger partial charge in [0.1, 0.15) is 16.7 Å². The first kappa shape index (κ1) is 19.8. The lowest BCUT2D eigenvalue weighted by molar-refractivity contribution is 0.450. The summed E-state index contributed by atoms with van der Waals surface area (Å²) in [6.45, 7) is 3.04. The van der Waals surface area contributed by atoms with Gasteiger partial charge in [0.15, 0.2) is 11.6 Å². The van der Waals surface area contributed by atoms with Crippen molar-refractivity contribution in [2.45, 2.75) is 18.9 Å². The average Bonchev–Trinajstić information content (AvgIpc) is 3.53. The number of nitrogens with zero attached hydrogens (tertiary/aromatic N) is 6. The van der Waals surface area contributed by atoms with Crippen LogP contribution >= 0.6 is 22.9 Å². The third kappa shape index (κ3) is 3.39. The molecule has 1 aromatic carbocycles. The molecule has 2 aliphatic rings. The smallest absolute Gasteiger partial charge is 0.281 e. The maximum absolute atomic E-state index is 13.8. The zero-order valence-corrected chi connectivity index (χ0v) is 18.7. The van der Waals surface area contributed by atoms with E-state index in [1.165, 1.54) is 11.3 Å². The van der Waals surface area contributed by atoms with E-state index < -0.39 is 0 Å². The quantitative estimate of drug-likeness (QED) is 0.461. The maximum Gasteiger partial charge on any atom is 0.281 e. The number of aromatic nitrogens is 5. The monoisotopic (exact) mass is 468 g/mol. The Morgan fingerprint density at radius 2 is 2.03 bits per heavy atom. The molecule has 4 aromatic rings. The molecule has 1 atom stereocenters. The van der Waals surface area contributed by atoms with Crippen LogP contribution in [0.25, 0.3) is 21.3 Å². The van der Waals surface area contributed by atoms with Crippen LogP contribution in [0, 0.1) is 5.92 Å². The number of thiazole rings is 1. The molecule has 1 saturated carbocycles. The zero-order valence-electron chi connectivity index (χ0n) is 17.2. The molecule has 2 fully saturated rings. The summed E-state index contributed by atoms with van der Waals surface area (Å²) in [6, 6.07) is 5.24. The van der Waals surface area contributed by atoms with E-state index >= 15 is 0 Å². The summed E-state index contributed by atoms with van der Waals surface area (Å²) in [6.07, 6.45) is 3.67. The van der Waals surface area contributed by atoms with Gasteiger partial charge >= 0.3 is 0 Å². The highest BCUT2D eigenvalue weighted by molar-refractivity contribution is 7.16. The Hall–Kier alpha value is -2.82. The second-order valence-corrected chi connectivity index (χ2v) is 9.35. The number of halogens is 1. The molecule has 6 rings (SSSR count). The zero-order chi connectivity index (χ0) is 21.7. The van der Waals surface area contributed by atoms with Crippen molar-refractivity contribution in [3.63, 3.8) is 0 Å². The van der Waals surface area contributed by atoms with Gasteiger partial charge in [-0.1, -0.05) is 17.7 Å². The number of fused-ring (bicyclic) bond motifs is 2. The molecule has 9 nitrogen and oxygen atoms in total. The normalized spacial score (nSPS) is 17.7. The minimum absolute atomic E-state index is 0.133. The van der Waals surface area contributed by atoms with Crippen molar-refractivity contribution in [1.29, 1.82) is 0 Å². The van der Waals surface area contributed by atoms with Gasteiger partial charge in [0, 0.05) is 26.2 Å². The van der Waals surface area contributed by atoms with Crippen LogP contribution in [0.3, 0.4) is 0 Å². The van der Waals surface area contributed by atoms with Gasteiger partial charge in [-0.15, -0.1) is 11.3 Å². The van der Waals surface area contributed by atoms with Gasteiger partial charge in [0.2, 0.25) is 0 Å². The number of nitrogens with one attached hydrogen (secondary N) is 2. The predicted octanol–water partition coefficient (Wildman–Crippen LogP) is 2.55. The van der Waals surface area contributed by atoms with Crippen molar-refractivity contribution >= 4 is 50.0 Å². The Morgan fingerprint density at radius 3 is 2.84 bits per heavy atom. The fourth-order valence-corrected chi connectivity index (χ4v) is 5.17. The topological polar surface area (TPSA) is 101 Å². The standard InChI is InChI=1S/C21H21ClN8OS/c22-13-2-1-3-14-15(13)21(31)30(29-8-6-23-7-9-29)19(27-14)16(12-4-5-12)28-18-17-20(25-10-24-18)32-11-26-17/h1-3,10-12,16,23H,4-9H2,(H,24,25,28). The molecule has 1 aliphatic heterocycles. The van der Waals surface area contributed by atoms with E-state index in [9.17, 15) is 4.79 Å². The first-order chi connectivity index (χ1) is 15.7. The first-order valence-electron chi connectivity index (χ1n) is 10.7. The lowest BCUT2D eigenvalue weighted by Crippen LogP contribution is -2.54.